The largest absolute Gasteiger partial charge is 0.308 e. The maximum absolute atomic E-state index is 11.9. The fourth-order valence-corrected chi connectivity index (χ4v) is 1.54. The maximum atomic E-state index is 11.9. The van der Waals surface area contributed by atoms with Crippen LogP contribution in [0.2, 0.25) is 0 Å². The van der Waals surface area contributed by atoms with Gasteiger partial charge in [-0.25, -0.2) is 0 Å². The lowest BCUT2D eigenvalue weighted by Gasteiger charge is -2.12. The summed E-state index contributed by atoms with van der Waals surface area (Å²) in [4.78, 5) is 11.9. The van der Waals surface area contributed by atoms with Crippen LogP contribution in [0.5, 0.6) is 0 Å². The topological polar surface area (TPSA) is 29.1 Å². The third kappa shape index (κ3) is 2.90. The summed E-state index contributed by atoms with van der Waals surface area (Å²) < 4.78 is 0. The number of nitrogens with one attached hydrogen (secondary N) is 1. The fraction of sp³-hybridized carbons (Fsp3) is 0.462. The molecular weight excluding hydrogens is 186 g/mol. The van der Waals surface area contributed by atoms with E-state index in [9.17, 15) is 4.79 Å². The van der Waals surface area contributed by atoms with E-state index in [1.54, 1.807) is 0 Å². The van der Waals surface area contributed by atoms with Crippen molar-refractivity contribution in [1.82, 2.24) is 5.32 Å². The van der Waals surface area contributed by atoms with E-state index in [1.807, 2.05) is 39.0 Å². The van der Waals surface area contributed by atoms with Crippen molar-refractivity contribution in [1.29, 1.82) is 0 Å². The molecule has 0 aliphatic heterocycles. The second-order valence-corrected chi connectivity index (χ2v) is 3.94. The zero-order valence-electron chi connectivity index (χ0n) is 9.92. The van der Waals surface area contributed by atoms with Gasteiger partial charge in [-0.2, -0.15) is 0 Å². The van der Waals surface area contributed by atoms with Gasteiger partial charge < -0.3 is 5.32 Å². The summed E-state index contributed by atoms with van der Waals surface area (Å²) in [6.07, 6.45) is 0. The van der Waals surface area contributed by atoms with Gasteiger partial charge in [0.25, 0.3) is 0 Å². The molecule has 0 radical (unpaired) electrons. The molecule has 15 heavy (non-hydrogen) atoms. The first kappa shape index (κ1) is 11.9. The summed E-state index contributed by atoms with van der Waals surface area (Å²) in [5, 5.41) is 3.13. The molecule has 0 saturated heterocycles. The van der Waals surface area contributed by atoms with Crippen LogP contribution in [0.4, 0.5) is 0 Å². The van der Waals surface area contributed by atoms with Crippen LogP contribution >= 0.6 is 0 Å². The highest BCUT2D eigenvalue weighted by Crippen LogP contribution is 2.11. The minimum atomic E-state index is -0.0999. The first-order valence-corrected chi connectivity index (χ1v) is 5.41. The van der Waals surface area contributed by atoms with Gasteiger partial charge in [-0.3, -0.25) is 4.79 Å². The molecular formula is C13H19NO. The predicted molar refractivity (Wildman–Crippen MR) is 63.4 cm³/mol. The summed E-state index contributed by atoms with van der Waals surface area (Å²) in [5.41, 5.74) is 3.19. The smallest absolute Gasteiger partial charge is 0.179 e. The van der Waals surface area contributed by atoms with Crippen molar-refractivity contribution in [3.05, 3.63) is 34.9 Å². The number of benzene rings is 1. The minimum absolute atomic E-state index is 0.0999. The molecule has 0 aromatic heterocycles. The summed E-state index contributed by atoms with van der Waals surface area (Å²) in [7, 11) is 0. The average molecular weight is 205 g/mol. The number of Topliss-reactive ketones (excluding diaryl/α,β-unsaturated/α-hetero) is 1. The summed E-state index contributed by atoms with van der Waals surface area (Å²) in [6, 6.07) is 5.77. The molecule has 0 unspecified atom stereocenters. The lowest BCUT2D eigenvalue weighted by molar-refractivity contribution is 0.0952. The van der Waals surface area contributed by atoms with E-state index in [-0.39, 0.29) is 11.8 Å². The van der Waals surface area contributed by atoms with Crippen molar-refractivity contribution in [3.63, 3.8) is 0 Å². The van der Waals surface area contributed by atoms with Crippen molar-refractivity contribution >= 4 is 5.78 Å². The fourth-order valence-electron chi connectivity index (χ4n) is 1.54. The van der Waals surface area contributed by atoms with E-state index in [4.69, 9.17) is 0 Å². The van der Waals surface area contributed by atoms with Gasteiger partial charge in [0, 0.05) is 5.56 Å². The molecule has 1 aromatic carbocycles. The molecule has 0 spiro atoms. The van der Waals surface area contributed by atoms with Gasteiger partial charge in [0.1, 0.15) is 0 Å². The van der Waals surface area contributed by atoms with E-state index in [0.717, 1.165) is 12.1 Å². The number of carbonyl (C=O) groups excluding carboxylic acids is 1. The quantitative estimate of drug-likeness (QED) is 0.765. The van der Waals surface area contributed by atoms with Crippen LogP contribution < -0.4 is 5.32 Å². The second-order valence-electron chi connectivity index (χ2n) is 3.94. The number of hydrogen-bond donors (Lipinski definition) is 1. The average Bonchev–Trinajstić information content (AvgIpc) is 2.21. The predicted octanol–water partition coefficient (Wildman–Crippen LogP) is 2.48. The Morgan fingerprint density at radius 2 is 2.00 bits per heavy atom. The van der Waals surface area contributed by atoms with Crippen LogP contribution in [0.1, 0.15) is 35.3 Å². The highest BCUT2D eigenvalue weighted by atomic mass is 16.1. The molecule has 1 aromatic rings. The molecule has 0 bridgehead atoms. The molecule has 0 amide bonds. The van der Waals surface area contributed by atoms with Gasteiger partial charge in [-0.05, 0) is 44.5 Å². The number of carbonyl (C=O) groups is 1. The van der Waals surface area contributed by atoms with Gasteiger partial charge in [-0.15, -0.1) is 0 Å². The SMILES string of the molecule is CCN[C@@H](C)C(=O)c1ccc(C)c(C)c1. The van der Waals surface area contributed by atoms with Gasteiger partial charge in [0.15, 0.2) is 5.78 Å². The molecule has 0 aliphatic rings. The molecule has 0 heterocycles. The normalized spacial score (nSPS) is 12.5. The first-order valence-electron chi connectivity index (χ1n) is 5.41. The van der Waals surface area contributed by atoms with E-state index >= 15 is 0 Å². The Hall–Kier alpha value is -1.15. The van der Waals surface area contributed by atoms with E-state index in [0.29, 0.717) is 0 Å². The Balaban J connectivity index is 2.87. The molecule has 1 atom stereocenters. The Kier molecular flexibility index (Phi) is 4.04. The van der Waals surface area contributed by atoms with Crippen molar-refractivity contribution in [2.45, 2.75) is 33.7 Å². The zero-order valence-corrected chi connectivity index (χ0v) is 9.92. The Labute approximate surface area is 91.7 Å². The lowest BCUT2D eigenvalue weighted by atomic mass is 10.0. The summed E-state index contributed by atoms with van der Waals surface area (Å²) in [5.74, 6) is 0.167. The third-order valence-electron chi connectivity index (χ3n) is 2.70. The number of hydrogen-bond acceptors (Lipinski definition) is 2. The van der Waals surface area contributed by atoms with Gasteiger partial charge in [-0.1, -0.05) is 19.1 Å². The van der Waals surface area contributed by atoms with Crippen molar-refractivity contribution in [2.24, 2.45) is 0 Å². The Morgan fingerprint density at radius 1 is 1.33 bits per heavy atom. The van der Waals surface area contributed by atoms with Crippen molar-refractivity contribution < 1.29 is 4.79 Å². The Bertz CT molecular complexity index is 358. The molecule has 82 valence electrons. The monoisotopic (exact) mass is 205 g/mol. The maximum Gasteiger partial charge on any atom is 0.179 e. The van der Waals surface area contributed by atoms with Crippen molar-refractivity contribution in [2.75, 3.05) is 6.54 Å². The van der Waals surface area contributed by atoms with Crippen LogP contribution in [0.25, 0.3) is 0 Å². The standard InChI is InChI=1S/C13H19NO/c1-5-14-11(4)13(15)12-7-6-9(2)10(3)8-12/h6-8,11,14H,5H2,1-4H3/t11-/m0/s1. The minimum Gasteiger partial charge on any atom is -0.308 e. The second kappa shape index (κ2) is 5.08. The number of rotatable bonds is 4. The molecule has 0 fully saturated rings. The first-order chi connectivity index (χ1) is 7.06. The van der Waals surface area contributed by atoms with Crippen LogP contribution in [0.3, 0.4) is 0 Å². The third-order valence-corrected chi connectivity index (χ3v) is 2.70. The number of aryl methyl sites for hydroxylation is 2. The number of likely N-dealkylation sites (N-methyl/N-ethyl adjacent to an activating group) is 1. The highest BCUT2D eigenvalue weighted by molar-refractivity contribution is 6.00. The molecule has 1 N–H and O–H groups in total. The van der Waals surface area contributed by atoms with Gasteiger partial charge >= 0.3 is 0 Å². The zero-order chi connectivity index (χ0) is 11.4. The van der Waals surface area contributed by atoms with Crippen LogP contribution in [-0.4, -0.2) is 18.4 Å². The van der Waals surface area contributed by atoms with E-state index < -0.39 is 0 Å². The van der Waals surface area contributed by atoms with Crippen LogP contribution in [-0.2, 0) is 0 Å². The lowest BCUT2D eigenvalue weighted by Crippen LogP contribution is -2.33. The molecule has 0 aliphatic carbocycles. The van der Waals surface area contributed by atoms with Crippen LogP contribution in [0.15, 0.2) is 18.2 Å². The van der Waals surface area contributed by atoms with Crippen LogP contribution in [0, 0.1) is 13.8 Å². The van der Waals surface area contributed by atoms with Gasteiger partial charge in [0.2, 0.25) is 0 Å². The van der Waals surface area contributed by atoms with E-state index in [1.165, 1.54) is 11.1 Å². The molecule has 2 nitrogen and oxygen atoms in total. The van der Waals surface area contributed by atoms with Crippen molar-refractivity contribution in [3.8, 4) is 0 Å². The Morgan fingerprint density at radius 3 is 2.53 bits per heavy atom. The number of ketones is 1. The molecule has 0 saturated carbocycles. The van der Waals surface area contributed by atoms with Gasteiger partial charge in [0.05, 0.1) is 6.04 Å². The summed E-state index contributed by atoms with van der Waals surface area (Å²) >= 11 is 0. The molecule has 2 heteroatoms. The van der Waals surface area contributed by atoms with E-state index in [2.05, 4.69) is 12.2 Å². The molecule has 1 rings (SSSR count). The summed E-state index contributed by atoms with van der Waals surface area (Å²) in [6.45, 7) is 8.81. The highest BCUT2D eigenvalue weighted by Gasteiger charge is 2.13.